The summed E-state index contributed by atoms with van der Waals surface area (Å²) in [5, 5.41) is 0. The fourth-order valence-corrected chi connectivity index (χ4v) is 3.60. The summed E-state index contributed by atoms with van der Waals surface area (Å²) < 4.78 is 13.7. The Morgan fingerprint density at radius 2 is 1.95 bits per heavy atom. The normalized spacial score (nSPS) is 20.0. The first kappa shape index (κ1) is 13.3. The Morgan fingerprint density at radius 1 is 1.09 bits per heavy atom. The minimum absolute atomic E-state index is 0.153. The predicted molar refractivity (Wildman–Crippen MR) is 84.3 cm³/mol. The summed E-state index contributed by atoms with van der Waals surface area (Å²) in [4.78, 5) is 7.32. The molecule has 22 heavy (non-hydrogen) atoms. The second kappa shape index (κ2) is 5.41. The smallest absolute Gasteiger partial charge is 0.123 e. The molecule has 2 atom stereocenters. The molecule has 0 bridgehead atoms. The molecule has 3 aromatic rings. The summed E-state index contributed by atoms with van der Waals surface area (Å²) in [6.45, 7) is 0. The number of H-pyrrole nitrogens is 1. The minimum atomic E-state index is -0.153. The lowest BCUT2D eigenvalue weighted by Crippen LogP contribution is -2.00. The fraction of sp³-hybridized carbons (Fsp3) is 0.211. The average molecular weight is 292 g/mol. The Bertz CT molecular complexity index is 765. The van der Waals surface area contributed by atoms with Crippen LogP contribution >= 0.6 is 0 Å². The van der Waals surface area contributed by atoms with Crippen LogP contribution in [0, 0.1) is 5.82 Å². The van der Waals surface area contributed by atoms with E-state index in [4.69, 9.17) is 0 Å². The van der Waals surface area contributed by atoms with Gasteiger partial charge >= 0.3 is 0 Å². The van der Waals surface area contributed by atoms with E-state index in [9.17, 15) is 4.39 Å². The van der Waals surface area contributed by atoms with Crippen LogP contribution in [0.2, 0.25) is 0 Å². The third kappa shape index (κ3) is 2.33. The third-order valence-electron chi connectivity index (χ3n) is 4.60. The van der Waals surface area contributed by atoms with Crippen molar-refractivity contribution in [2.45, 2.75) is 24.7 Å². The summed E-state index contributed by atoms with van der Waals surface area (Å²) in [6.07, 6.45) is 5.49. The van der Waals surface area contributed by atoms with E-state index in [2.05, 4.69) is 34.2 Å². The average Bonchev–Trinajstić information content (AvgIpc) is 3.17. The molecule has 1 N–H and O–H groups in total. The van der Waals surface area contributed by atoms with Crippen molar-refractivity contribution in [2.75, 3.05) is 0 Å². The Hall–Kier alpha value is -2.42. The van der Waals surface area contributed by atoms with Gasteiger partial charge in [0.1, 0.15) is 5.82 Å². The van der Waals surface area contributed by atoms with Gasteiger partial charge in [-0.2, -0.15) is 0 Å². The molecule has 0 saturated carbocycles. The van der Waals surface area contributed by atoms with Crippen LogP contribution in [0.4, 0.5) is 4.39 Å². The predicted octanol–water partition coefficient (Wildman–Crippen LogP) is 4.41. The summed E-state index contributed by atoms with van der Waals surface area (Å²) in [5.74, 6) is 0.513. The van der Waals surface area contributed by atoms with Crippen LogP contribution in [0.15, 0.2) is 61.1 Å². The molecule has 2 nitrogen and oxygen atoms in total. The number of aromatic amines is 1. The van der Waals surface area contributed by atoms with E-state index >= 15 is 0 Å². The molecule has 0 saturated heterocycles. The Kier molecular flexibility index (Phi) is 3.26. The topological polar surface area (TPSA) is 28.7 Å². The first-order valence-corrected chi connectivity index (χ1v) is 7.63. The van der Waals surface area contributed by atoms with E-state index in [1.807, 2.05) is 18.3 Å². The van der Waals surface area contributed by atoms with E-state index in [-0.39, 0.29) is 5.82 Å². The van der Waals surface area contributed by atoms with Crippen molar-refractivity contribution in [3.63, 3.8) is 0 Å². The number of rotatable bonds is 3. The molecule has 0 spiro atoms. The second-order valence-electron chi connectivity index (χ2n) is 5.93. The first-order valence-electron chi connectivity index (χ1n) is 7.63. The maximum atomic E-state index is 13.7. The lowest BCUT2D eigenvalue weighted by atomic mass is 9.92. The fourth-order valence-electron chi connectivity index (χ4n) is 3.60. The van der Waals surface area contributed by atoms with E-state index in [1.165, 1.54) is 11.1 Å². The summed E-state index contributed by atoms with van der Waals surface area (Å²) in [6, 6.07) is 15.7. The lowest BCUT2D eigenvalue weighted by Gasteiger charge is -2.12. The Morgan fingerprint density at radius 3 is 2.73 bits per heavy atom. The van der Waals surface area contributed by atoms with Crippen LogP contribution < -0.4 is 0 Å². The molecule has 4 rings (SSSR count). The zero-order valence-electron chi connectivity index (χ0n) is 12.2. The van der Waals surface area contributed by atoms with Crippen molar-refractivity contribution in [1.82, 2.24) is 9.97 Å². The highest BCUT2D eigenvalue weighted by Crippen LogP contribution is 2.46. The maximum Gasteiger partial charge on any atom is 0.123 e. The maximum absolute atomic E-state index is 13.7. The van der Waals surface area contributed by atoms with Gasteiger partial charge in [0.15, 0.2) is 0 Å². The van der Waals surface area contributed by atoms with Crippen molar-refractivity contribution in [2.24, 2.45) is 0 Å². The van der Waals surface area contributed by atoms with Crippen LogP contribution in [0.1, 0.15) is 40.6 Å². The van der Waals surface area contributed by atoms with Gasteiger partial charge in [0.25, 0.3) is 0 Å². The van der Waals surface area contributed by atoms with Gasteiger partial charge in [-0.25, -0.2) is 9.37 Å². The highest BCUT2D eigenvalue weighted by Gasteiger charge is 2.32. The van der Waals surface area contributed by atoms with E-state index in [0.29, 0.717) is 11.8 Å². The summed E-state index contributed by atoms with van der Waals surface area (Å²) >= 11 is 0. The molecular weight excluding hydrogens is 275 g/mol. The van der Waals surface area contributed by atoms with Crippen molar-refractivity contribution in [3.05, 3.63) is 89.3 Å². The van der Waals surface area contributed by atoms with Gasteiger partial charge in [0.2, 0.25) is 0 Å². The second-order valence-corrected chi connectivity index (χ2v) is 5.93. The summed E-state index contributed by atoms with van der Waals surface area (Å²) in [5.41, 5.74) is 4.73. The molecule has 1 heterocycles. The zero-order valence-corrected chi connectivity index (χ0v) is 12.2. The van der Waals surface area contributed by atoms with Crippen molar-refractivity contribution in [1.29, 1.82) is 0 Å². The molecule has 2 unspecified atom stereocenters. The third-order valence-corrected chi connectivity index (χ3v) is 4.60. The molecule has 1 aliphatic rings. The van der Waals surface area contributed by atoms with Gasteiger partial charge in [-0.1, -0.05) is 36.4 Å². The number of halogens is 1. The Labute approximate surface area is 129 Å². The lowest BCUT2D eigenvalue weighted by molar-refractivity contribution is 0.611. The van der Waals surface area contributed by atoms with Gasteiger partial charge in [-0.3, -0.25) is 0 Å². The van der Waals surface area contributed by atoms with Crippen LogP contribution in [0.5, 0.6) is 0 Å². The van der Waals surface area contributed by atoms with Crippen LogP contribution in [-0.4, -0.2) is 9.97 Å². The molecule has 110 valence electrons. The molecular formula is C19H17FN2. The van der Waals surface area contributed by atoms with Crippen LogP contribution in [0.3, 0.4) is 0 Å². The van der Waals surface area contributed by atoms with Crippen LogP contribution in [-0.2, 0) is 6.42 Å². The van der Waals surface area contributed by atoms with Crippen LogP contribution in [0.25, 0.3) is 0 Å². The molecule has 0 aliphatic heterocycles. The van der Waals surface area contributed by atoms with Crippen molar-refractivity contribution in [3.8, 4) is 0 Å². The number of nitrogens with one attached hydrogen (secondary N) is 1. The highest BCUT2D eigenvalue weighted by molar-refractivity contribution is 5.45. The van der Waals surface area contributed by atoms with Crippen molar-refractivity contribution < 1.29 is 4.39 Å². The number of fused-ring (bicyclic) bond motifs is 1. The molecule has 3 heteroatoms. The highest BCUT2D eigenvalue weighted by atomic mass is 19.1. The number of benzene rings is 2. The van der Waals surface area contributed by atoms with Gasteiger partial charge in [-0.15, -0.1) is 0 Å². The molecule has 1 aliphatic carbocycles. The standard InChI is InChI=1S/C19H17FN2/c20-15-6-7-17-18(13-4-2-1-3-5-13)9-14(19(17)10-15)8-16-11-21-12-22-16/h1-7,10-12,14,18H,8-9H2,(H,21,22). The number of nitrogens with zero attached hydrogens (tertiary/aromatic N) is 1. The van der Waals surface area contributed by atoms with Gasteiger partial charge in [0, 0.05) is 12.1 Å². The van der Waals surface area contributed by atoms with Crippen molar-refractivity contribution >= 4 is 0 Å². The molecule has 0 fully saturated rings. The number of hydrogen-bond acceptors (Lipinski definition) is 1. The Balaban J connectivity index is 1.73. The number of hydrogen-bond donors (Lipinski definition) is 1. The molecule has 0 amide bonds. The molecule has 0 radical (unpaired) electrons. The van der Waals surface area contributed by atoms with Gasteiger partial charge in [0.05, 0.1) is 12.0 Å². The molecule has 2 aromatic carbocycles. The number of imidazole rings is 1. The van der Waals surface area contributed by atoms with E-state index in [1.54, 1.807) is 18.5 Å². The monoisotopic (exact) mass is 292 g/mol. The van der Waals surface area contributed by atoms with E-state index < -0.39 is 0 Å². The van der Waals surface area contributed by atoms with Gasteiger partial charge in [-0.05, 0) is 47.6 Å². The SMILES string of the molecule is Fc1ccc2c(c1)C(Cc1c[nH]cn1)CC2c1ccccc1. The van der Waals surface area contributed by atoms with Gasteiger partial charge < -0.3 is 4.98 Å². The summed E-state index contributed by atoms with van der Waals surface area (Å²) in [7, 11) is 0. The zero-order chi connectivity index (χ0) is 14.9. The minimum Gasteiger partial charge on any atom is -0.351 e. The first-order chi connectivity index (χ1) is 10.8. The number of aromatic nitrogens is 2. The molecule has 1 aromatic heterocycles. The largest absolute Gasteiger partial charge is 0.351 e. The van der Waals surface area contributed by atoms with E-state index in [0.717, 1.165) is 24.1 Å². The quantitative estimate of drug-likeness (QED) is 0.761.